The summed E-state index contributed by atoms with van der Waals surface area (Å²) in [5.41, 5.74) is 6.17. The second-order valence-corrected chi connectivity index (χ2v) is 6.27. The number of benzene rings is 2. The summed E-state index contributed by atoms with van der Waals surface area (Å²) in [5.74, 6) is -0.689. The molecule has 0 aliphatic heterocycles. The number of aryl methyl sites for hydroxylation is 2. The van der Waals surface area contributed by atoms with Crippen molar-refractivity contribution >= 4 is 35.2 Å². The van der Waals surface area contributed by atoms with Crippen LogP contribution in [-0.2, 0) is 6.42 Å². The number of ether oxygens (including phenoxy) is 2. The highest BCUT2D eigenvalue weighted by atomic mass is 32.1. The molecule has 0 saturated heterocycles. The largest absolute Gasteiger partial charge is 0.493 e. The Morgan fingerprint density at radius 1 is 1.25 bits per heavy atom. The SMILES string of the molecule is CCc1cccc(C)c1NC(=S)N/N=C\c1ccc(OC)c(OC)c1C(=O)O. The molecule has 28 heavy (non-hydrogen) atoms. The lowest BCUT2D eigenvalue weighted by Crippen LogP contribution is -2.25. The summed E-state index contributed by atoms with van der Waals surface area (Å²) >= 11 is 5.29. The molecule has 3 N–H and O–H groups in total. The lowest BCUT2D eigenvalue weighted by Gasteiger charge is -2.14. The van der Waals surface area contributed by atoms with Gasteiger partial charge in [-0.1, -0.05) is 25.1 Å². The van der Waals surface area contributed by atoms with Crippen LogP contribution in [0.25, 0.3) is 0 Å². The van der Waals surface area contributed by atoms with Gasteiger partial charge in [0.25, 0.3) is 0 Å². The van der Waals surface area contributed by atoms with Gasteiger partial charge in [-0.15, -0.1) is 0 Å². The molecule has 8 heteroatoms. The van der Waals surface area contributed by atoms with Gasteiger partial charge in [0.15, 0.2) is 16.6 Å². The number of para-hydroxylation sites is 1. The zero-order valence-electron chi connectivity index (χ0n) is 16.2. The molecule has 0 amide bonds. The van der Waals surface area contributed by atoms with Crippen LogP contribution >= 0.6 is 12.2 Å². The molecular formula is C20H23N3O4S. The summed E-state index contributed by atoms with van der Waals surface area (Å²) in [6, 6.07) is 9.23. The summed E-state index contributed by atoms with van der Waals surface area (Å²) in [5, 5.41) is 17.0. The Balaban J connectivity index is 2.19. The Kier molecular flexibility index (Phi) is 7.34. The number of carboxylic acid groups (broad SMARTS) is 1. The number of nitrogens with zero attached hydrogens (tertiary/aromatic N) is 1. The van der Waals surface area contributed by atoms with Crippen LogP contribution in [0, 0.1) is 6.92 Å². The van der Waals surface area contributed by atoms with E-state index in [1.807, 2.05) is 25.1 Å². The number of carboxylic acids is 1. The van der Waals surface area contributed by atoms with Gasteiger partial charge in [0, 0.05) is 11.3 Å². The van der Waals surface area contributed by atoms with Crippen LogP contribution in [-0.4, -0.2) is 36.6 Å². The zero-order chi connectivity index (χ0) is 20.7. The quantitative estimate of drug-likeness (QED) is 0.371. The first-order valence-electron chi connectivity index (χ1n) is 8.59. The van der Waals surface area contributed by atoms with Crippen LogP contribution in [0.15, 0.2) is 35.4 Å². The van der Waals surface area contributed by atoms with Gasteiger partial charge in [0.1, 0.15) is 5.56 Å². The predicted molar refractivity (Wildman–Crippen MR) is 114 cm³/mol. The maximum absolute atomic E-state index is 11.7. The number of carbonyl (C=O) groups is 1. The lowest BCUT2D eigenvalue weighted by atomic mass is 10.1. The Morgan fingerprint density at radius 2 is 2.00 bits per heavy atom. The van der Waals surface area contributed by atoms with Crippen molar-refractivity contribution in [2.24, 2.45) is 5.10 Å². The number of hydrogen-bond donors (Lipinski definition) is 3. The van der Waals surface area contributed by atoms with Crippen molar-refractivity contribution in [3.8, 4) is 11.5 Å². The average molecular weight is 401 g/mol. The third kappa shape index (κ3) is 4.77. The summed E-state index contributed by atoms with van der Waals surface area (Å²) in [7, 11) is 2.83. The van der Waals surface area contributed by atoms with Crippen molar-refractivity contribution in [3.05, 3.63) is 52.6 Å². The van der Waals surface area contributed by atoms with Gasteiger partial charge in [-0.3, -0.25) is 5.43 Å². The van der Waals surface area contributed by atoms with Crippen LogP contribution in [0.2, 0.25) is 0 Å². The second kappa shape index (κ2) is 9.70. The highest BCUT2D eigenvalue weighted by Crippen LogP contribution is 2.32. The maximum atomic E-state index is 11.7. The molecule has 0 bridgehead atoms. The summed E-state index contributed by atoms with van der Waals surface area (Å²) in [6.45, 7) is 4.06. The van der Waals surface area contributed by atoms with Crippen LogP contribution in [0.3, 0.4) is 0 Å². The normalized spacial score (nSPS) is 10.6. The first-order chi connectivity index (χ1) is 13.4. The standard InChI is InChI=1S/C20H23N3O4S/c1-5-13-8-6-7-12(2)17(13)22-20(28)23-21-11-14-9-10-15(26-3)18(27-4)16(14)19(24)25/h6-11H,5H2,1-4H3,(H,24,25)(H2,22,23,28)/b21-11-. The Bertz CT molecular complexity index is 913. The number of nitrogens with one attached hydrogen (secondary N) is 2. The molecule has 0 heterocycles. The van der Waals surface area contributed by atoms with E-state index in [4.69, 9.17) is 21.7 Å². The minimum atomic E-state index is -1.15. The second-order valence-electron chi connectivity index (χ2n) is 5.86. The first-order valence-corrected chi connectivity index (χ1v) is 9.00. The summed E-state index contributed by atoms with van der Waals surface area (Å²) in [4.78, 5) is 11.7. The van der Waals surface area contributed by atoms with E-state index in [1.165, 1.54) is 20.4 Å². The Labute approximate surface area is 169 Å². The highest BCUT2D eigenvalue weighted by Gasteiger charge is 2.20. The van der Waals surface area contributed by atoms with Crippen molar-refractivity contribution in [2.45, 2.75) is 20.3 Å². The monoisotopic (exact) mass is 401 g/mol. The van der Waals surface area contributed by atoms with Crippen molar-refractivity contribution in [1.82, 2.24) is 5.43 Å². The van der Waals surface area contributed by atoms with E-state index in [2.05, 4.69) is 22.8 Å². The topological polar surface area (TPSA) is 92.2 Å². The highest BCUT2D eigenvalue weighted by molar-refractivity contribution is 7.80. The van der Waals surface area contributed by atoms with Gasteiger partial charge in [0.05, 0.1) is 20.4 Å². The van der Waals surface area contributed by atoms with Gasteiger partial charge >= 0.3 is 5.97 Å². The molecule has 0 atom stereocenters. The molecule has 0 aliphatic rings. The first kappa shape index (κ1) is 21.2. The number of methoxy groups -OCH3 is 2. The van der Waals surface area contributed by atoms with Crippen LogP contribution in [0.5, 0.6) is 11.5 Å². The van der Waals surface area contributed by atoms with Gasteiger partial charge in [-0.05, 0) is 48.8 Å². The lowest BCUT2D eigenvalue weighted by molar-refractivity contribution is 0.0692. The van der Waals surface area contributed by atoms with Gasteiger partial charge in [-0.2, -0.15) is 5.10 Å². The molecule has 0 saturated carbocycles. The molecule has 0 fully saturated rings. The fourth-order valence-corrected chi connectivity index (χ4v) is 2.93. The minimum absolute atomic E-state index is 0.0431. The van der Waals surface area contributed by atoms with Crippen LogP contribution in [0.4, 0.5) is 5.69 Å². The molecule has 2 rings (SSSR count). The number of hydrazone groups is 1. The fraction of sp³-hybridized carbons (Fsp3) is 0.250. The Morgan fingerprint density at radius 3 is 2.61 bits per heavy atom. The number of thiocarbonyl (C=S) groups is 1. The van der Waals surface area contributed by atoms with E-state index in [0.717, 1.165) is 23.2 Å². The molecule has 2 aromatic carbocycles. The zero-order valence-corrected chi connectivity index (χ0v) is 17.0. The molecule has 0 aromatic heterocycles. The van der Waals surface area contributed by atoms with E-state index in [-0.39, 0.29) is 11.3 Å². The molecule has 0 aliphatic carbocycles. The van der Waals surface area contributed by atoms with Crippen molar-refractivity contribution in [1.29, 1.82) is 0 Å². The molecule has 0 spiro atoms. The number of hydrogen-bond acceptors (Lipinski definition) is 5. The molecule has 7 nitrogen and oxygen atoms in total. The van der Waals surface area contributed by atoms with Crippen LogP contribution in [0.1, 0.15) is 34.0 Å². The smallest absolute Gasteiger partial charge is 0.340 e. The minimum Gasteiger partial charge on any atom is -0.493 e. The van der Waals surface area contributed by atoms with Gasteiger partial charge < -0.3 is 19.9 Å². The van der Waals surface area contributed by atoms with E-state index in [1.54, 1.807) is 12.1 Å². The average Bonchev–Trinajstić information content (AvgIpc) is 2.68. The van der Waals surface area contributed by atoms with Crippen molar-refractivity contribution < 1.29 is 19.4 Å². The summed E-state index contributed by atoms with van der Waals surface area (Å²) in [6.07, 6.45) is 2.24. The third-order valence-corrected chi connectivity index (χ3v) is 4.33. The van der Waals surface area contributed by atoms with E-state index < -0.39 is 5.97 Å². The molecule has 0 unspecified atom stereocenters. The molecule has 2 aromatic rings. The third-order valence-electron chi connectivity index (χ3n) is 4.14. The number of rotatable bonds is 7. The number of aromatic carboxylic acids is 1. The fourth-order valence-electron chi connectivity index (χ4n) is 2.77. The maximum Gasteiger partial charge on any atom is 0.340 e. The molecular weight excluding hydrogens is 378 g/mol. The summed E-state index contributed by atoms with van der Waals surface area (Å²) < 4.78 is 10.3. The van der Waals surface area contributed by atoms with Gasteiger partial charge in [-0.25, -0.2) is 4.79 Å². The predicted octanol–water partition coefficient (Wildman–Crippen LogP) is 3.59. The van der Waals surface area contributed by atoms with Crippen molar-refractivity contribution in [2.75, 3.05) is 19.5 Å². The van der Waals surface area contributed by atoms with Crippen molar-refractivity contribution in [3.63, 3.8) is 0 Å². The molecule has 0 radical (unpaired) electrons. The van der Waals surface area contributed by atoms with Crippen LogP contribution < -0.4 is 20.2 Å². The number of anilines is 1. The van der Waals surface area contributed by atoms with E-state index in [9.17, 15) is 9.90 Å². The van der Waals surface area contributed by atoms with E-state index >= 15 is 0 Å². The van der Waals surface area contributed by atoms with Gasteiger partial charge in [0.2, 0.25) is 0 Å². The Hall–Kier alpha value is -3.13. The molecule has 148 valence electrons. The van der Waals surface area contributed by atoms with E-state index in [0.29, 0.717) is 16.4 Å².